The van der Waals surface area contributed by atoms with Crippen LogP contribution in [0.25, 0.3) is 10.9 Å². The van der Waals surface area contributed by atoms with E-state index < -0.39 is 30.0 Å². The molecule has 0 fully saturated rings. The van der Waals surface area contributed by atoms with E-state index in [9.17, 15) is 18.0 Å². The number of methoxy groups -OCH3 is 1. The third kappa shape index (κ3) is 4.16. The monoisotopic (exact) mass is 375 g/mol. The van der Waals surface area contributed by atoms with E-state index in [4.69, 9.17) is 4.74 Å². The predicted molar refractivity (Wildman–Crippen MR) is 94.1 cm³/mol. The normalized spacial score (nSPS) is 12.2. The zero-order valence-corrected chi connectivity index (χ0v) is 14.3. The molecule has 0 saturated carbocycles. The summed E-state index contributed by atoms with van der Waals surface area (Å²) in [6.45, 7) is 0.0298. The van der Waals surface area contributed by atoms with Crippen LogP contribution in [0.5, 0.6) is 0 Å². The number of carbonyl (C=O) groups excluding carboxylic acids is 1. The molecular formula is C19H16F3N3O2. The Hall–Kier alpha value is -3.16. The zero-order valence-electron chi connectivity index (χ0n) is 14.3. The second kappa shape index (κ2) is 8.03. The third-order valence-electron chi connectivity index (χ3n) is 4.05. The lowest BCUT2D eigenvalue weighted by molar-refractivity contribution is -0.142. The molecule has 0 amide bonds. The van der Waals surface area contributed by atoms with Gasteiger partial charge in [0, 0.05) is 11.9 Å². The van der Waals surface area contributed by atoms with Crippen LogP contribution < -0.4 is 5.32 Å². The van der Waals surface area contributed by atoms with Crippen LogP contribution in [0.3, 0.4) is 0 Å². The van der Waals surface area contributed by atoms with Crippen LogP contribution in [0.1, 0.15) is 23.7 Å². The minimum Gasteiger partial charge on any atom is -0.468 e. The Labute approximate surface area is 153 Å². The first-order valence-corrected chi connectivity index (χ1v) is 8.11. The smallest absolute Gasteiger partial charge is 0.314 e. The quantitative estimate of drug-likeness (QED) is 0.658. The van der Waals surface area contributed by atoms with Gasteiger partial charge in [0.1, 0.15) is 11.6 Å². The van der Waals surface area contributed by atoms with Crippen molar-refractivity contribution < 1.29 is 22.7 Å². The summed E-state index contributed by atoms with van der Waals surface area (Å²) in [7, 11) is 1.24. The molecule has 1 atom stereocenters. The molecular weight excluding hydrogens is 359 g/mol. The number of para-hydroxylation sites is 1. The van der Waals surface area contributed by atoms with E-state index in [1.807, 2.05) is 0 Å². The predicted octanol–water partition coefficient (Wildman–Crippen LogP) is 4.08. The fourth-order valence-corrected chi connectivity index (χ4v) is 2.70. The summed E-state index contributed by atoms with van der Waals surface area (Å²) in [5.41, 5.74) is 0.893. The standard InChI is InChI=1S/C19H16F3N3O2/c1-27-19(26)14(11-6-8-12(20)9-7-11)10-23-17-13-4-2-3-5-15(13)24-18(25-17)16(21)22/h2-9,14,16H,10H2,1H3,(H,23,24,25). The second-order valence-corrected chi connectivity index (χ2v) is 5.76. The van der Waals surface area contributed by atoms with Crippen molar-refractivity contribution in [3.05, 3.63) is 65.7 Å². The second-order valence-electron chi connectivity index (χ2n) is 5.76. The third-order valence-corrected chi connectivity index (χ3v) is 4.05. The number of nitrogens with zero attached hydrogens (tertiary/aromatic N) is 2. The molecule has 1 aromatic heterocycles. The van der Waals surface area contributed by atoms with Crippen molar-refractivity contribution >= 4 is 22.7 Å². The number of alkyl halides is 2. The van der Waals surface area contributed by atoms with Crippen LogP contribution in [0.2, 0.25) is 0 Å². The van der Waals surface area contributed by atoms with Crippen LogP contribution in [0.4, 0.5) is 19.0 Å². The van der Waals surface area contributed by atoms with Gasteiger partial charge in [-0.15, -0.1) is 0 Å². The molecule has 5 nitrogen and oxygen atoms in total. The molecule has 0 spiro atoms. The number of hydrogen-bond donors (Lipinski definition) is 1. The highest BCUT2D eigenvalue weighted by atomic mass is 19.3. The summed E-state index contributed by atoms with van der Waals surface area (Å²) in [5.74, 6) is -2.15. The average molecular weight is 375 g/mol. The zero-order chi connectivity index (χ0) is 19.4. The lowest BCUT2D eigenvalue weighted by Crippen LogP contribution is -2.23. The molecule has 0 aliphatic heterocycles. The number of rotatable bonds is 6. The van der Waals surface area contributed by atoms with E-state index in [0.29, 0.717) is 16.5 Å². The summed E-state index contributed by atoms with van der Waals surface area (Å²) >= 11 is 0. The number of nitrogens with one attached hydrogen (secondary N) is 1. The number of aromatic nitrogens is 2. The average Bonchev–Trinajstić information content (AvgIpc) is 2.68. The van der Waals surface area contributed by atoms with E-state index in [0.717, 1.165) is 0 Å². The van der Waals surface area contributed by atoms with Gasteiger partial charge in [0.05, 0.1) is 18.5 Å². The number of fused-ring (bicyclic) bond motifs is 1. The number of ether oxygens (including phenoxy) is 1. The molecule has 0 aliphatic rings. The SMILES string of the molecule is COC(=O)C(CNc1nc(C(F)F)nc2ccccc12)c1ccc(F)cc1. The van der Waals surface area contributed by atoms with Gasteiger partial charge in [-0.05, 0) is 29.8 Å². The molecule has 0 aliphatic carbocycles. The minimum atomic E-state index is -2.83. The molecule has 1 unspecified atom stereocenters. The number of anilines is 1. The molecule has 140 valence electrons. The molecule has 3 aromatic rings. The highest BCUT2D eigenvalue weighted by molar-refractivity contribution is 5.89. The first-order valence-electron chi connectivity index (χ1n) is 8.11. The molecule has 1 N–H and O–H groups in total. The van der Waals surface area contributed by atoms with Gasteiger partial charge in [-0.2, -0.15) is 0 Å². The van der Waals surface area contributed by atoms with E-state index in [1.54, 1.807) is 24.3 Å². The minimum absolute atomic E-state index is 0.0298. The highest BCUT2D eigenvalue weighted by Gasteiger charge is 2.23. The maximum absolute atomic E-state index is 13.2. The van der Waals surface area contributed by atoms with Crippen LogP contribution >= 0.6 is 0 Å². The number of esters is 1. The number of hydrogen-bond acceptors (Lipinski definition) is 5. The lowest BCUT2D eigenvalue weighted by Gasteiger charge is -2.17. The molecule has 0 bridgehead atoms. The van der Waals surface area contributed by atoms with Gasteiger partial charge in [-0.1, -0.05) is 24.3 Å². The summed E-state index contributed by atoms with van der Waals surface area (Å²) in [6.07, 6.45) is -2.83. The van der Waals surface area contributed by atoms with Gasteiger partial charge < -0.3 is 10.1 Å². The lowest BCUT2D eigenvalue weighted by atomic mass is 9.99. The van der Waals surface area contributed by atoms with Gasteiger partial charge in [-0.25, -0.2) is 23.1 Å². The number of benzene rings is 2. The Morgan fingerprint density at radius 2 is 1.81 bits per heavy atom. The van der Waals surface area contributed by atoms with E-state index in [1.165, 1.54) is 31.4 Å². The van der Waals surface area contributed by atoms with Crippen LogP contribution in [0, 0.1) is 5.82 Å². The molecule has 1 heterocycles. The van der Waals surface area contributed by atoms with Crippen molar-refractivity contribution in [2.75, 3.05) is 19.0 Å². The van der Waals surface area contributed by atoms with Crippen molar-refractivity contribution in [1.82, 2.24) is 9.97 Å². The van der Waals surface area contributed by atoms with Crippen molar-refractivity contribution in [2.24, 2.45) is 0 Å². The first-order chi connectivity index (χ1) is 13.0. The summed E-state index contributed by atoms with van der Waals surface area (Å²) < 4.78 is 44.2. The van der Waals surface area contributed by atoms with Gasteiger partial charge >= 0.3 is 5.97 Å². The van der Waals surface area contributed by atoms with Crippen molar-refractivity contribution in [3.63, 3.8) is 0 Å². The molecule has 2 aromatic carbocycles. The van der Waals surface area contributed by atoms with E-state index in [-0.39, 0.29) is 12.4 Å². The summed E-state index contributed by atoms with van der Waals surface area (Å²) in [6, 6.07) is 12.1. The van der Waals surface area contributed by atoms with Gasteiger partial charge in [0.2, 0.25) is 0 Å². The van der Waals surface area contributed by atoms with Crippen molar-refractivity contribution in [1.29, 1.82) is 0 Å². The first kappa shape index (κ1) is 18.6. The van der Waals surface area contributed by atoms with Gasteiger partial charge in [-0.3, -0.25) is 4.79 Å². The highest BCUT2D eigenvalue weighted by Crippen LogP contribution is 2.26. The van der Waals surface area contributed by atoms with E-state index >= 15 is 0 Å². The van der Waals surface area contributed by atoms with Crippen molar-refractivity contribution in [2.45, 2.75) is 12.3 Å². The van der Waals surface area contributed by atoms with Crippen LogP contribution in [-0.4, -0.2) is 29.6 Å². The summed E-state index contributed by atoms with van der Waals surface area (Å²) in [5, 5.41) is 3.48. The fourth-order valence-electron chi connectivity index (χ4n) is 2.70. The Morgan fingerprint density at radius 1 is 1.11 bits per heavy atom. The van der Waals surface area contributed by atoms with Gasteiger partial charge in [0.25, 0.3) is 6.43 Å². The Kier molecular flexibility index (Phi) is 5.54. The van der Waals surface area contributed by atoms with Crippen LogP contribution in [0.15, 0.2) is 48.5 Å². The molecule has 27 heavy (non-hydrogen) atoms. The Morgan fingerprint density at radius 3 is 2.48 bits per heavy atom. The topological polar surface area (TPSA) is 64.1 Å². The largest absolute Gasteiger partial charge is 0.468 e. The van der Waals surface area contributed by atoms with E-state index in [2.05, 4.69) is 15.3 Å². The van der Waals surface area contributed by atoms with Gasteiger partial charge in [0.15, 0.2) is 5.82 Å². The molecule has 0 saturated heterocycles. The molecule has 8 heteroatoms. The Balaban J connectivity index is 1.93. The molecule has 3 rings (SSSR count). The number of carbonyl (C=O) groups is 1. The van der Waals surface area contributed by atoms with Crippen molar-refractivity contribution in [3.8, 4) is 0 Å². The molecule has 0 radical (unpaired) electrons. The Bertz CT molecular complexity index is 949. The van der Waals surface area contributed by atoms with Crippen LogP contribution in [-0.2, 0) is 9.53 Å². The number of halogens is 3. The maximum atomic E-state index is 13.2. The fraction of sp³-hybridized carbons (Fsp3) is 0.211. The summed E-state index contributed by atoms with van der Waals surface area (Å²) in [4.78, 5) is 19.9. The maximum Gasteiger partial charge on any atom is 0.314 e.